The molecular weight excluding hydrogens is 404 g/mol. The second-order valence-corrected chi connectivity index (χ2v) is 8.19. The summed E-state index contributed by atoms with van der Waals surface area (Å²) in [5.74, 6) is -1.02. The lowest BCUT2D eigenvalue weighted by Gasteiger charge is -2.47. The predicted molar refractivity (Wildman–Crippen MR) is 102 cm³/mol. The molecule has 1 saturated heterocycles. The third-order valence-electron chi connectivity index (χ3n) is 5.06. The average molecular weight is 422 g/mol. The number of ether oxygens (including phenoxy) is 2. The van der Waals surface area contributed by atoms with Crippen molar-refractivity contribution in [1.29, 1.82) is 0 Å². The molecule has 1 fully saturated rings. The smallest absolute Gasteiger partial charge is 0.256 e. The minimum atomic E-state index is -0.675. The molecule has 0 radical (unpaired) electrons. The Morgan fingerprint density at radius 3 is 2.76 bits per heavy atom. The number of hydrogen-bond acceptors (Lipinski definition) is 4. The molecule has 2 aliphatic heterocycles. The van der Waals surface area contributed by atoms with Crippen molar-refractivity contribution in [2.24, 2.45) is 5.41 Å². The van der Waals surface area contributed by atoms with Gasteiger partial charge in [-0.1, -0.05) is 18.5 Å². The van der Waals surface area contributed by atoms with Crippen LogP contribution in [0.5, 0.6) is 11.5 Å². The molecule has 2 heterocycles. The van der Waals surface area contributed by atoms with Crippen LogP contribution in [-0.4, -0.2) is 42.9 Å². The van der Waals surface area contributed by atoms with E-state index >= 15 is 0 Å². The second-order valence-electron chi connectivity index (χ2n) is 7.78. The molecule has 5 nitrogen and oxygen atoms in total. The van der Waals surface area contributed by atoms with Gasteiger partial charge in [0.25, 0.3) is 5.91 Å². The minimum Gasteiger partial charge on any atom is -0.491 e. The number of fused-ring (bicyclic) bond motifs is 1. The summed E-state index contributed by atoms with van der Waals surface area (Å²) >= 11 is 5.96. The van der Waals surface area contributed by atoms with Crippen LogP contribution in [0.25, 0.3) is 0 Å². The molecule has 8 heteroatoms. The van der Waals surface area contributed by atoms with Crippen LogP contribution in [0, 0.1) is 17.0 Å². The Kier molecular flexibility index (Phi) is 4.94. The number of likely N-dealkylation sites (tertiary alicyclic amines) is 1. The van der Waals surface area contributed by atoms with Crippen LogP contribution in [0.3, 0.4) is 0 Å². The van der Waals surface area contributed by atoms with E-state index in [0.29, 0.717) is 30.2 Å². The Morgan fingerprint density at radius 1 is 1.28 bits per heavy atom. The van der Waals surface area contributed by atoms with Gasteiger partial charge < -0.3 is 14.4 Å². The van der Waals surface area contributed by atoms with Gasteiger partial charge in [-0.2, -0.15) is 0 Å². The van der Waals surface area contributed by atoms with E-state index in [2.05, 4.69) is 0 Å². The fourth-order valence-corrected chi connectivity index (χ4v) is 3.80. The van der Waals surface area contributed by atoms with Gasteiger partial charge in [-0.05, 0) is 24.3 Å². The minimum absolute atomic E-state index is 0.0772. The van der Waals surface area contributed by atoms with Gasteiger partial charge in [-0.3, -0.25) is 9.59 Å². The number of halogens is 3. The van der Waals surface area contributed by atoms with Gasteiger partial charge in [0, 0.05) is 36.6 Å². The Labute approximate surface area is 171 Å². The van der Waals surface area contributed by atoms with E-state index < -0.39 is 17.5 Å². The van der Waals surface area contributed by atoms with Crippen LogP contribution in [0.1, 0.15) is 22.8 Å². The van der Waals surface area contributed by atoms with E-state index in [1.165, 1.54) is 29.2 Å². The van der Waals surface area contributed by atoms with Gasteiger partial charge in [0.15, 0.2) is 5.78 Å². The van der Waals surface area contributed by atoms with E-state index in [9.17, 15) is 18.4 Å². The largest absolute Gasteiger partial charge is 0.491 e. The Hall–Kier alpha value is -2.67. The third kappa shape index (κ3) is 3.92. The number of nitrogens with zero attached hydrogens (tertiary/aromatic N) is 1. The molecule has 2 aliphatic rings. The highest BCUT2D eigenvalue weighted by molar-refractivity contribution is 6.32. The summed E-state index contributed by atoms with van der Waals surface area (Å²) in [5, 5.41) is 0.175. The number of carbonyl (C=O) groups excluding carboxylic acids is 2. The number of Topliss-reactive ketones (excluding diaryl/α,β-unsaturated/α-hetero) is 1. The predicted octanol–water partition coefficient (Wildman–Crippen LogP) is 3.66. The molecule has 0 aromatic heterocycles. The highest BCUT2D eigenvalue weighted by atomic mass is 35.5. The highest BCUT2D eigenvalue weighted by Gasteiger charge is 2.43. The van der Waals surface area contributed by atoms with E-state index in [4.69, 9.17) is 21.1 Å². The van der Waals surface area contributed by atoms with Crippen molar-refractivity contribution >= 4 is 23.3 Å². The van der Waals surface area contributed by atoms with Crippen LogP contribution in [-0.2, 0) is 11.2 Å². The van der Waals surface area contributed by atoms with Crippen molar-refractivity contribution in [3.8, 4) is 11.5 Å². The van der Waals surface area contributed by atoms with E-state index in [1.807, 2.05) is 6.92 Å². The third-order valence-corrected chi connectivity index (χ3v) is 5.35. The first-order valence-corrected chi connectivity index (χ1v) is 9.46. The Balaban J connectivity index is 1.41. The molecule has 0 saturated carbocycles. The molecule has 4 rings (SSSR count). The number of rotatable bonds is 4. The number of benzene rings is 2. The first-order valence-electron chi connectivity index (χ1n) is 9.08. The fraction of sp³-hybridized carbons (Fsp3) is 0.333. The van der Waals surface area contributed by atoms with Crippen LogP contribution in [0.2, 0.25) is 5.02 Å². The monoisotopic (exact) mass is 421 g/mol. The SMILES string of the molecule is CC1(COc2ccc(F)cc2Cl)CN(C(=O)c2cc3c(cc2F)OCC(=O)C3)C1. The van der Waals surface area contributed by atoms with Gasteiger partial charge in [0.1, 0.15) is 29.7 Å². The molecule has 1 amide bonds. The summed E-state index contributed by atoms with van der Waals surface area (Å²) in [4.78, 5) is 25.8. The summed E-state index contributed by atoms with van der Waals surface area (Å²) in [5.41, 5.74) is 0.104. The van der Waals surface area contributed by atoms with Crippen LogP contribution in [0.4, 0.5) is 8.78 Å². The molecule has 2 aromatic carbocycles. The van der Waals surface area contributed by atoms with Gasteiger partial charge in [0.2, 0.25) is 0 Å². The zero-order valence-corrected chi connectivity index (χ0v) is 16.4. The van der Waals surface area contributed by atoms with E-state index in [1.54, 1.807) is 0 Å². The topological polar surface area (TPSA) is 55.8 Å². The maximum absolute atomic E-state index is 14.4. The Bertz CT molecular complexity index is 1000. The van der Waals surface area contributed by atoms with Crippen molar-refractivity contribution in [2.75, 3.05) is 26.3 Å². The van der Waals surface area contributed by atoms with Gasteiger partial charge in [-0.15, -0.1) is 0 Å². The van der Waals surface area contributed by atoms with Gasteiger partial charge >= 0.3 is 0 Å². The highest BCUT2D eigenvalue weighted by Crippen LogP contribution is 2.35. The summed E-state index contributed by atoms with van der Waals surface area (Å²) < 4.78 is 38.4. The summed E-state index contributed by atoms with van der Waals surface area (Å²) in [6.45, 7) is 2.87. The zero-order chi connectivity index (χ0) is 20.8. The van der Waals surface area contributed by atoms with Crippen molar-refractivity contribution < 1.29 is 27.8 Å². The standard InChI is InChI=1S/C21H18ClF2NO4/c1-21(11-29-18-3-2-13(23)6-16(18)22)9-25(10-21)20(27)15-5-12-4-14(26)8-28-19(12)7-17(15)24/h2-3,5-7H,4,8-11H2,1H3. The Morgan fingerprint density at radius 2 is 2.03 bits per heavy atom. The lowest BCUT2D eigenvalue weighted by atomic mass is 9.82. The second kappa shape index (κ2) is 7.30. The van der Waals surface area contributed by atoms with Crippen LogP contribution >= 0.6 is 11.6 Å². The fourth-order valence-electron chi connectivity index (χ4n) is 3.58. The number of hydrogen-bond donors (Lipinski definition) is 0. The lowest BCUT2D eigenvalue weighted by molar-refractivity contribution is -0.121. The molecular formula is C21H18ClF2NO4. The molecule has 29 heavy (non-hydrogen) atoms. The number of ketones is 1. The van der Waals surface area contributed by atoms with Crippen LogP contribution < -0.4 is 9.47 Å². The summed E-state index contributed by atoms with van der Waals surface area (Å²) in [7, 11) is 0. The first-order chi connectivity index (χ1) is 13.7. The molecule has 0 spiro atoms. The zero-order valence-electron chi connectivity index (χ0n) is 15.6. The number of amides is 1. The maximum atomic E-state index is 14.4. The molecule has 0 unspecified atom stereocenters. The van der Waals surface area contributed by atoms with Crippen LogP contribution in [0.15, 0.2) is 30.3 Å². The normalized spacial score (nSPS) is 17.2. The van der Waals surface area contributed by atoms with E-state index in [0.717, 1.165) is 6.07 Å². The molecule has 0 bridgehead atoms. The summed E-state index contributed by atoms with van der Waals surface area (Å²) in [6, 6.07) is 6.44. The quantitative estimate of drug-likeness (QED) is 0.756. The van der Waals surface area contributed by atoms with E-state index in [-0.39, 0.29) is 41.4 Å². The number of carbonyl (C=O) groups is 2. The average Bonchev–Trinajstić information content (AvgIpc) is 2.64. The van der Waals surface area contributed by atoms with Crippen molar-refractivity contribution in [1.82, 2.24) is 4.90 Å². The molecule has 0 atom stereocenters. The summed E-state index contributed by atoms with van der Waals surface area (Å²) in [6.07, 6.45) is 0.125. The van der Waals surface area contributed by atoms with Crippen molar-refractivity contribution in [3.05, 3.63) is 58.1 Å². The van der Waals surface area contributed by atoms with Gasteiger partial charge in [0.05, 0.1) is 17.2 Å². The molecule has 2 aromatic rings. The molecule has 152 valence electrons. The van der Waals surface area contributed by atoms with Crippen molar-refractivity contribution in [2.45, 2.75) is 13.3 Å². The van der Waals surface area contributed by atoms with Crippen molar-refractivity contribution in [3.63, 3.8) is 0 Å². The maximum Gasteiger partial charge on any atom is 0.256 e. The van der Waals surface area contributed by atoms with Gasteiger partial charge in [-0.25, -0.2) is 8.78 Å². The molecule has 0 N–H and O–H groups in total. The molecule has 0 aliphatic carbocycles. The lowest BCUT2D eigenvalue weighted by Crippen LogP contribution is -2.59. The first kappa shape index (κ1) is 19.6.